The van der Waals surface area contributed by atoms with Gasteiger partial charge in [0, 0.05) is 27.9 Å². The minimum atomic E-state index is -0.411. The first-order chi connectivity index (χ1) is 13.2. The molecular weight excluding hydrogens is 406 g/mol. The van der Waals surface area contributed by atoms with Crippen LogP contribution in [-0.2, 0) is 4.74 Å². The Morgan fingerprint density at radius 3 is 2.52 bits per heavy atom. The lowest BCUT2D eigenvalue weighted by Crippen LogP contribution is -2.11. The standard InChI is InChI=1S/C21H16BrN3O2/c1-2-27-21(26)17-13-23-19-12-18(14-8-10-16(22)11-9-14)24-25(19)20(17)15-6-4-3-5-7-15/h3-13H,2H2,1H3. The molecule has 134 valence electrons. The summed E-state index contributed by atoms with van der Waals surface area (Å²) in [7, 11) is 0. The van der Waals surface area contributed by atoms with E-state index >= 15 is 0 Å². The molecule has 0 aliphatic rings. The second kappa shape index (κ2) is 7.32. The average molecular weight is 422 g/mol. The number of halogens is 1. The Bertz CT molecular complexity index is 1110. The molecule has 27 heavy (non-hydrogen) atoms. The fourth-order valence-electron chi connectivity index (χ4n) is 2.93. The summed E-state index contributed by atoms with van der Waals surface area (Å²) in [5.74, 6) is -0.411. The summed E-state index contributed by atoms with van der Waals surface area (Å²) in [5.41, 5.74) is 4.36. The number of hydrogen-bond donors (Lipinski definition) is 0. The first-order valence-corrected chi connectivity index (χ1v) is 9.34. The number of ether oxygens (including phenoxy) is 1. The molecule has 0 aliphatic heterocycles. The normalized spacial score (nSPS) is 10.9. The Morgan fingerprint density at radius 1 is 1.07 bits per heavy atom. The zero-order valence-corrected chi connectivity index (χ0v) is 16.2. The van der Waals surface area contributed by atoms with Crippen molar-refractivity contribution in [1.82, 2.24) is 14.6 Å². The van der Waals surface area contributed by atoms with Crippen molar-refractivity contribution in [3.05, 3.63) is 76.9 Å². The van der Waals surface area contributed by atoms with Gasteiger partial charge in [-0.3, -0.25) is 0 Å². The van der Waals surface area contributed by atoms with Crippen LogP contribution in [0.2, 0.25) is 0 Å². The van der Waals surface area contributed by atoms with Crippen molar-refractivity contribution < 1.29 is 9.53 Å². The zero-order chi connectivity index (χ0) is 18.8. The molecule has 0 unspecified atom stereocenters. The molecule has 2 aromatic carbocycles. The van der Waals surface area contributed by atoms with E-state index in [1.165, 1.54) is 0 Å². The van der Waals surface area contributed by atoms with Crippen molar-refractivity contribution in [2.75, 3.05) is 6.61 Å². The summed E-state index contributed by atoms with van der Waals surface area (Å²) in [4.78, 5) is 16.9. The molecule has 0 aliphatic carbocycles. The van der Waals surface area contributed by atoms with Crippen molar-refractivity contribution in [2.24, 2.45) is 0 Å². The first kappa shape index (κ1) is 17.4. The summed E-state index contributed by atoms with van der Waals surface area (Å²) in [6.07, 6.45) is 1.56. The molecule has 0 amide bonds. The molecule has 5 nitrogen and oxygen atoms in total. The Labute approximate surface area is 164 Å². The third kappa shape index (κ3) is 3.36. The molecule has 6 heteroatoms. The molecule has 2 heterocycles. The molecule has 0 bridgehead atoms. The maximum atomic E-state index is 12.5. The molecule has 0 saturated carbocycles. The smallest absolute Gasteiger partial charge is 0.341 e. The van der Waals surface area contributed by atoms with Crippen molar-refractivity contribution >= 4 is 27.5 Å². The lowest BCUT2D eigenvalue weighted by atomic mass is 10.1. The maximum absolute atomic E-state index is 12.5. The third-order valence-corrected chi connectivity index (χ3v) is 4.69. The predicted molar refractivity (Wildman–Crippen MR) is 108 cm³/mol. The number of hydrogen-bond acceptors (Lipinski definition) is 4. The van der Waals surface area contributed by atoms with Crippen molar-refractivity contribution in [2.45, 2.75) is 6.92 Å². The molecule has 0 atom stereocenters. The number of fused-ring (bicyclic) bond motifs is 1. The van der Waals surface area contributed by atoms with Gasteiger partial charge in [-0.1, -0.05) is 58.4 Å². The van der Waals surface area contributed by atoms with Gasteiger partial charge in [0.1, 0.15) is 5.56 Å². The fourth-order valence-corrected chi connectivity index (χ4v) is 3.19. The number of benzene rings is 2. The molecule has 0 fully saturated rings. The van der Waals surface area contributed by atoms with Gasteiger partial charge >= 0.3 is 5.97 Å². The highest BCUT2D eigenvalue weighted by Gasteiger charge is 2.20. The number of esters is 1. The largest absolute Gasteiger partial charge is 0.462 e. The highest BCUT2D eigenvalue weighted by molar-refractivity contribution is 9.10. The monoisotopic (exact) mass is 421 g/mol. The van der Waals surface area contributed by atoms with Crippen LogP contribution in [0, 0.1) is 0 Å². The zero-order valence-electron chi connectivity index (χ0n) is 14.6. The summed E-state index contributed by atoms with van der Waals surface area (Å²) in [5, 5.41) is 4.72. The first-order valence-electron chi connectivity index (χ1n) is 8.54. The number of carbonyl (C=O) groups is 1. The topological polar surface area (TPSA) is 56.5 Å². The predicted octanol–water partition coefficient (Wildman–Crippen LogP) is 5.00. The highest BCUT2D eigenvalue weighted by Crippen LogP contribution is 2.28. The van der Waals surface area contributed by atoms with Crippen LogP contribution < -0.4 is 0 Å². The SMILES string of the molecule is CCOC(=O)c1cnc2cc(-c3ccc(Br)cc3)nn2c1-c1ccccc1. The Hall–Kier alpha value is -2.99. The van der Waals surface area contributed by atoms with Crippen LogP contribution in [0.1, 0.15) is 17.3 Å². The molecular formula is C21H16BrN3O2. The molecule has 0 radical (unpaired) electrons. The van der Waals surface area contributed by atoms with Crippen LogP contribution in [0.5, 0.6) is 0 Å². The van der Waals surface area contributed by atoms with E-state index in [0.717, 1.165) is 21.3 Å². The number of carbonyl (C=O) groups excluding carboxylic acids is 1. The van der Waals surface area contributed by atoms with Gasteiger partial charge in [-0.2, -0.15) is 5.10 Å². The van der Waals surface area contributed by atoms with Crippen LogP contribution in [0.25, 0.3) is 28.2 Å². The van der Waals surface area contributed by atoms with Crippen molar-refractivity contribution in [3.8, 4) is 22.5 Å². The molecule has 4 rings (SSSR count). The van der Waals surface area contributed by atoms with E-state index in [0.29, 0.717) is 23.5 Å². The summed E-state index contributed by atoms with van der Waals surface area (Å²) in [6.45, 7) is 2.08. The van der Waals surface area contributed by atoms with E-state index in [9.17, 15) is 4.79 Å². The van der Waals surface area contributed by atoms with Crippen molar-refractivity contribution in [3.63, 3.8) is 0 Å². The van der Waals surface area contributed by atoms with E-state index in [4.69, 9.17) is 9.84 Å². The Balaban J connectivity index is 1.95. The second-order valence-corrected chi connectivity index (χ2v) is 6.83. The van der Waals surface area contributed by atoms with Crippen LogP contribution in [0.15, 0.2) is 71.3 Å². The third-order valence-electron chi connectivity index (χ3n) is 4.17. The fraction of sp³-hybridized carbons (Fsp3) is 0.0952. The minimum Gasteiger partial charge on any atom is -0.462 e. The lowest BCUT2D eigenvalue weighted by Gasteiger charge is -2.10. The second-order valence-electron chi connectivity index (χ2n) is 5.91. The van der Waals surface area contributed by atoms with E-state index in [1.807, 2.05) is 60.7 Å². The van der Waals surface area contributed by atoms with Gasteiger partial charge < -0.3 is 4.74 Å². The average Bonchev–Trinajstić information content (AvgIpc) is 3.13. The number of aromatic nitrogens is 3. The van der Waals surface area contributed by atoms with Crippen LogP contribution in [0.3, 0.4) is 0 Å². The molecule has 2 aromatic heterocycles. The van der Waals surface area contributed by atoms with E-state index < -0.39 is 5.97 Å². The van der Waals surface area contributed by atoms with Gasteiger partial charge in [0.25, 0.3) is 0 Å². The highest BCUT2D eigenvalue weighted by atomic mass is 79.9. The molecule has 0 spiro atoms. The van der Waals surface area contributed by atoms with Gasteiger partial charge in [-0.05, 0) is 19.1 Å². The molecule has 0 saturated heterocycles. The number of nitrogens with zero attached hydrogens (tertiary/aromatic N) is 3. The van der Waals surface area contributed by atoms with E-state index in [-0.39, 0.29) is 0 Å². The molecule has 4 aromatic rings. The maximum Gasteiger partial charge on any atom is 0.341 e. The lowest BCUT2D eigenvalue weighted by molar-refractivity contribution is 0.0526. The van der Waals surface area contributed by atoms with Gasteiger partial charge in [0.2, 0.25) is 0 Å². The summed E-state index contributed by atoms with van der Waals surface area (Å²) < 4.78 is 7.93. The van der Waals surface area contributed by atoms with Crippen LogP contribution >= 0.6 is 15.9 Å². The number of rotatable bonds is 4. The van der Waals surface area contributed by atoms with E-state index in [1.54, 1.807) is 17.6 Å². The van der Waals surface area contributed by atoms with Gasteiger partial charge in [-0.25, -0.2) is 14.3 Å². The van der Waals surface area contributed by atoms with Crippen molar-refractivity contribution in [1.29, 1.82) is 0 Å². The summed E-state index contributed by atoms with van der Waals surface area (Å²) >= 11 is 3.45. The van der Waals surface area contributed by atoms with E-state index in [2.05, 4.69) is 20.9 Å². The quantitative estimate of drug-likeness (QED) is 0.435. The molecule has 0 N–H and O–H groups in total. The Kier molecular flexibility index (Phi) is 4.73. The van der Waals surface area contributed by atoms with Gasteiger partial charge in [0.05, 0.1) is 18.0 Å². The van der Waals surface area contributed by atoms with Gasteiger partial charge in [0.15, 0.2) is 5.65 Å². The summed E-state index contributed by atoms with van der Waals surface area (Å²) in [6, 6.07) is 19.5. The van der Waals surface area contributed by atoms with Crippen LogP contribution in [-0.4, -0.2) is 27.2 Å². The Morgan fingerprint density at radius 2 is 1.81 bits per heavy atom. The van der Waals surface area contributed by atoms with Crippen LogP contribution in [0.4, 0.5) is 0 Å². The minimum absolute atomic E-state index is 0.300. The van der Waals surface area contributed by atoms with Gasteiger partial charge in [-0.15, -0.1) is 0 Å².